The van der Waals surface area contributed by atoms with Gasteiger partial charge in [0.05, 0.1) is 19.2 Å². The summed E-state index contributed by atoms with van der Waals surface area (Å²) in [6, 6.07) is 17.1. The van der Waals surface area contributed by atoms with Crippen LogP contribution < -0.4 is 4.74 Å². The van der Waals surface area contributed by atoms with Crippen LogP contribution in [0.15, 0.2) is 60.3 Å². The maximum atomic E-state index is 13.6. The molecule has 2 aliphatic heterocycles. The summed E-state index contributed by atoms with van der Waals surface area (Å²) in [4.78, 5) is 30.6. The van der Waals surface area contributed by atoms with E-state index in [-0.39, 0.29) is 18.4 Å². The van der Waals surface area contributed by atoms with E-state index in [0.717, 1.165) is 25.1 Å². The van der Waals surface area contributed by atoms with Crippen molar-refractivity contribution in [2.45, 2.75) is 26.8 Å². The summed E-state index contributed by atoms with van der Waals surface area (Å²) >= 11 is 0. The van der Waals surface area contributed by atoms with Crippen molar-refractivity contribution in [2.75, 3.05) is 20.2 Å². The van der Waals surface area contributed by atoms with Crippen molar-refractivity contribution in [1.29, 1.82) is 0 Å². The fraction of sp³-hybridized carbons (Fsp3) is 0.360. The van der Waals surface area contributed by atoms with Gasteiger partial charge in [0.25, 0.3) is 11.8 Å². The number of para-hydroxylation sites is 1. The fourth-order valence-electron chi connectivity index (χ4n) is 4.71. The summed E-state index contributed by atoms with van der Waals surface area (Å²) in [6.07, 6.45) is 1.13. The van der Waals surface area contributed by atoms with Gasteiger partial charge in [0.1, 0.15) is 11.4 Å². The molecule has 5 nitrogen and oxygen atoms in total. The Balaban J connectivity index is 1.80. The van der Waals surface area contributed by atoms with Crippen molar-refractivity contribution in [3.63, 3.8) is 0 Å². The van der Waals surface area contributed by atoms with E-state index < -0.39 is 0 Å². The van der Waals surface area contributed by atoms with Crippen molar-refractivity contribution in [2.24, 2.45) is 11.8 Å². The van der Waals surface area contributed by atoms with E-state index in [4.69, 9.17) is 4.74 Å². The Labute approximate surface area is 177 Å². The van der Waals surface area contributed by atoms with E-state index in [9.17, 15) is 9.59 Å². The molecule has 156 valence electrons. The van der Waals surface area contributed by atoms with E-state index in [2.05, 4.69) is 18.7 Å². The van der Waals surface area contributed by atoms with Crippen molar-refractivity contribution in [3.8, 4) is 5.75 Å². The fourth-order valence-corrected chi connectivity index (χ4v) is 4.71. The van der Waals surface area contributed by atoms with E-state index >= 15 is 0 Å². The lowest BCUT2D eigenvalue weighted by molar-refractivity contribution is -0.138. The number of carbonyl (C=O) groups excluding carboxylic acids is 2. The molecule has 2 aromatic rings. The first-order chi connectivity index (χ1) is 14.5. The highest BCUT2D eigenvalue weighted by Crippen LogP contribution is 2.38. The quantitative estimate of drug-likeness (QED) is 0.708. The molecule has 1 fully saturated rings. The molecule has 0 aromatic heterocycles. The molecule has 2 aromatic carbocycles. The Hall–Kier alpha value is -3.08. The number of imide groups is 1. The van der Waals surface area contributed by atoms with Crippen molar-refractivity contribution in [1.82, 2.24) is 9.80 Å². The Morgan fingerprint density at radius 1 is 0.900 bits per heavy atom. The molecule has 2 amide bonds. The van der Waals surface area contributed by atoms with Crippen LogP contribution in [0.1, 0.15) is 31.4 Å². The van der Waals surface area contributed by atoms with Crippen LogP contribution in [0.5, 0.6) is 5.75 Å². The Morgan fingerprint density at radius 3 is 2.20 bits per heavy atom. The second-order valence-corrected chi connectivity index (χ2v) is 8.46. The van der Waals surface area contributed by atoms with Crippen molar-refractivity contribution in [3.05, 3.63) is 71.4 Å². The van der Waals surface area contributed by atoms with Crippen LogP contribution in [0, 0.1) is 11.8 Å². The summed E-state index contributed by atoms with van der Waals surface area (Å²) in [5.74, 6) is 1.06. The minimum atomic E-state index is -0.255. The average molecular weight is 405 g/mol. The molecular formula is C25H28N2O3. The van der Waals surface area contributed by atoms with Gasteiger partial charge >= 0.3 is 0 Å². The topological polar surface area (TPSA) is 49.9 Å². The van der Waals surface area contributed by atoms with Gasteiger partial charge in [-0.15, -0.1) is 0 Å². The summed E-state index contributed by atoms with van der Waals surface area (Å²) in [5.41, 5.74) is 2.57. The van der Waals surface area contributed by atoms with Crippen LogP contribution in [0.4, 0.5) is 0 Å². The molecule has 2 atom stereocenters. The number of ether oxygens (including phenoxy) is 1. The lowest BCUT2D eigenvalue weighted by Gasteiger charge is -2.37. The van der Waals surface area contributed by atoms with Gasteiger partial charge in [0.2, 0.25) is 0 Å². The molecule has 5 heteroatoms. The zero-order valence-electron chi connectivity index (χ0n) is 17.8. The summed E-state index contributed by atoms with van der Waals surface area (Å²) in [6.45, 7) is 6.22. The van der Waals surface area contributed by atoms with E-state index in [1.807, 2.05) is 54.6 Å². The third kappa shape index (κ3) is 3.72. The number of carbonyl (C=O) groups is 2. The molecule has 2 unspecified atom stereocenters. The highest BCUT2D eigenvalue weighted by Gasteiger charge is 2.43. The van der Waals surface area contributed by atoms with Crippen LogP contribution in [0.3, 0.4) is 0 Å². The standard InChI is InChI=1S/C25H28N2O3/c1-17-13-18(2)15-26(14-17)23-22(20-11-7-8-12-21(20)30-3)24(28)27(25(23)29)16-19-9-5-4-6-10-19/h4-12,17-18H,13-16H2,1-3H3. The number of methoxy groups -OCH3 is 1. The number of amides is 2. The third-order valence-electron chi connectivity index (χ3n) is 5.89. The molecule has 1 saturated heterocycles. The molecule has 2 aliphatic rings. The lowest BCUT2D eigenvalue weighted by Crippen LogP contribution is -2.41. The summed E-state index contributed by atoms with van der Waals surface area (Å²) < 4.78 is 5.54. The summed E-state index contributed by atoms with van der Waals surface area (Å²) in [5, 5.41) is 0. The molecule has 0 spiro atoms. The van der Waals surface area contributed by atoms with E-state index in [1.165, 1.54) is 4.90 Å². The van der Waals surface area contributed by atoms with Gasteiger partial charge in [0.15, 0.2) is 0 Å². The molecule has 0 N–H and O–H groups in total. The van der Waals surface area contributed by atoms with Gasteiger partial charge in [-0.25, -0.2) is 0 Å². The largest absolute Gasteiger partial charge is 0.496 e. The highest BCUT2D eigenvalue weighted by molar-refractivity contribution is 6.35. The monoisotopic (exact) mass is 404 g/mol. The average Bonchev–Trinajstić information content (AvgIpc) is 2.98. The number of piperidine rings is 1. The van der Waals surface area contributed by atoms with Crippen molar-refractivity contribution >= 4 is 17.4 Å². The molecule has 2 heterocycles. The van der Waals surface area contributed by atoms with Crippen LogP contribution in [0.25, 0.3) is 5.57 Å². The third-order valence-corrected chi connectivity index (χ3v) is 5.89. The number of benzene rings is 2. The molecular weight excluding hydrogens is 376 g/mol. The maximum Gasteiger partial charge on any atom is 0.278 e. The van der Waals surface area contributed by atoms with Gasteiger partial charge in [-0.05, 0) is 29.9 Å². The minimum Gasteiger partial charge on any atom is -0.496 e. The summed E-state index contributed by atoms with van der Waals surface area (Å²) in [7, 11) is 1.59. The minimum absolute atomic E-state index is 0.217. The normalized spacial score (nSPS) is 22.1. The van der Waals surface area contributed by atoms with Crippen LogP contribution in [0.2, 0.25) is 0 Å². The predicted molar refractivity (Wildman–Crippen MR) is 116 cm³/mol. The smallest absolute Gasteiger partial charge is 0.278 e. The molecule has 4 rings (SSSR count). The lowest BCUT2D eigenvalue weighted by atomic mass is 9.91. The number of rotatable bonds is 5. The van der Waals surface area contributed by atoms with Gasteiger partial charge < -0.3 is 9.64 Å². The Bertz CT molecular complexity index is 973. The molecule has 0 bridgehead atoms. The van der Waals surface area contributed by atoms with Crippen LogP contribution in [-0.2, 0) is 16.1 Å². The molecule has 0 radical (unpaired) electrons. The second-order valence-electron chi connectivity index (χ2n) is 8.46. The van der Waals surface area contributed by atoms with E-state index in [1.54, 1.807) is 7.11 Å². The number of hydrogen-bond acceptors (Lipinski definition) is 4. The second kappa shape index (κ2) is 8.34. The van der Waals surface area contributed by atoms with Crippen molar-refractivity contribution < 1.29 is 14.3 Å². The van der Waals surface area contributed by atoms with Crippen LogP contribution in [-0.4, -0.2) is 41.8 Å². The Morgan fingerprint density at radius 2 is 1.53 bits per heavy atom. The van der Waals surface area contributed by atoms with Gasteiger partial charge in [0, 0.05) is 18.7 Å². The number of nitrogens with zero attached hydrogens (tertiary/aromatic N) is 2. The molecule has 0 saturated carbocycles. The first-order valence-corrected chi connectivity index (χ1v) is 10.5. The molecule has 30 heavy (non-hydrogen) atoms. The first-order valence-electron chi connectivity index (χ1n) is 10.5. The van der Waals surface area contributed by atoms with E-state index in [0.29, 0.717) is 34.4 Å². The maximum absolute atomic E-state index is 13.6. The van der Waals surface area contributed by atoms with Crippen LogP contribution >= 0.6 is 0 Å². The number of likely N-dealkylation sites (tertiary alicyclic amines) is 1. The Kier molecular flexibility index (Phi) is 5.62. The first kappa shape index (κ1) is 20.2. The highest BCUT2D eigenvalue weighted by atomic mass is 16.5. The zero-order valence-corrected chi connectivity index (χ0v) is 17.8. The van der Waals surface area contributed by atoms with Gasteiger partial charge in [-0.2, -0.15) is 0 Å². The molecule has 0 aliphatic carbocycles. The van der Waals surface area contributed by atoms with Gasteiger partial charge in [-0.1, -0.05) is 62.4 Å². The predicted octanol–water partition coefficient (Wildman–Crippen LogP) is 3.95. The number of hydrogen-bond donors (Lipinski definition) is 0. The zero-order chi connectivity index (χ0) is 21.3. The van der Waals surface area contributed by atoms with Gasteiger partial charge in [-0.3, -0.25) is 14.5 Å². The SMILES string of the molecule is COc1ccccc1C1=C(N2CC(C)CC(C)C2)C(=O)N(Cc2ccccc2)C1=O.